The number of hydrogen-bond acceptors (Lipinski definition) is 5. The monoisotopic (exact) mass is 328 g/mol. The highest BCUT2D eigenvalue weighted by Gasteiger charge is 2.41. The third kappa shape index (κ3) is 3.26. The molecule has 2 saturated heterocycles. The number of rotatable bonds is 3. The second kappa shape index (κ2) is 6.21. The zero-order chi connectivity index (χ0) is 15.7. The van der Waals surface area contributed by atoms with E-state index in [0.717, 1.165) is 25.6 Å². The van der Waals surface area contributed by atoms with Gasteiger partial charge < -0.3 is 4.90 Å². The van der Waals surface area contributed by atoms with Crippen molar-refractivity contribution in [2.45, 2.75) is 32.7 Å². The zero-order valence-electron chi connectivity index (χ0n) is 13.7. The van der Waals surface area contributed by atoms with Crippen molar-refractivity contribution in [2.75, 3.05) is 31.1 Å². The molecule has 2 aromatic rings. The molecule has 2 fully saturated rings. The van der Waals surface area contributed by atoms with Crippen LogP contribution in [0.5, 0.6) is 0 Å². The largest absolute Gasteiger partial charge is 0.340 e. The van der Waals surface area contributed by atoms with Crippen molar-refractivity contribution in [3.8, 4) is 0 Å². The molecule has 0 radical (unpaired) electrons. The van der Waals surface area contributed by atoms with Crippen molar-refractivity contribution >= 4 is 17.3 Å². The fourth-order valence-corrected chi connectivity index (χ4v) is 5.05. The summed E-state index contributed by atoms with van der Waals surface area (Å²) in [5, 5.41) is 0. The van der Waals surface area contributed by atoms with E-state index in [1.807, 2.05) is 29.8 Å². The minimum atomic E-state index is 0.434. The molecule has 4 rings (SSSR count). The molecule has 0 N–H and O–H groups in total. The van der Waals surface area contributed by atoms with Gasteiger partial charge in [0.25, 0.3) is 0 Å². The molecule has 0 aromatic carbocycles. The van der Waals surface area contributed by atoms with Crippen LogP contribution in [0.3, 0.4) is 0 Å². The summed E-state index contributed by atoms with van der Waals surface area (Å²) in [7, 11) is 0. The van der Waals surface area contributed by atoms with Gasteiger partial charge in [0.05, 0.1) is 0 Å². The van der Waals surface area contributed by atoms with Crippen molar-refractivity contribution in [2.24, 2.45) is 5.41 Å². The van der Waals surface area contributed by atoms with E-state index in [1.165, 1.54) is 42.1 Å². The van der Waals surface area contributed by atoms with Gasteiger partial charge in [0, 0.05) is 53.7 Å². The van der Waals surface area contributed by atoms with Crippen LogP contribution >= 0.6 is 11.3 Å². The molecule has 1 spiro atoms. The molecule has 0 unspecified atom stereocenters. The first kappa shape index (κ1) is 15.1. The van der Waals surface area contributed by atoms with Crippen LogP contribution in [0.4, 0.5) is 5.95 Å². The first-order valence-corrected chi connectivity index (χ1v) is 9.34. The zero-order valence-corrected chi connectivity index (χ0v) is 14.6. The Balaban J connectivity index is 1.42. The van der Waals surface area contributed by atoms with Crippen molar-refractivity contribution in [1.29, 1.82) is 0 Å². The molecular formula is C18H24N4S. The predicted molar refractivity (Wildman–Crippen MR) is 94.9 cm³/mol. The Hall–Kier alpha value is -1.46. The SMILES string of the molecule is Cc1ccc(CN2CC[C@@]3(CCCN(c4ncccn4)C3)C2)s1. The summed E-state index contributed by atoms with van der Waals surface area (Å²) < 4.78 is 0. The molecule has 0 bridgehead atoms. The molecule has 0 saturated carbocycles. The van der Waals surface area contributed by atoms with Crippen LogP contribution in [-0.2, 0) is 6.54 Å². The summed E-state index contributed by atoms with van der Waals surface area (Å²) in [6.45, 7) is 7.95. The normalized spacial score (nSPS) is 25.3. The van der Waals surface area contributed by atoms with Gasteiger partial charge >= 0.3 is 0 Å². The maximum Gasteiger partial charge on any atom is 0.225 e. The van der Waals surface area contributed by atoms with Gasteiger partial charge in [0.1, 0.15) is 0 Å². The number of aromatic nitrogens is 2. The van der Waals surface area contributed by atoms with Gasteiger partial charge in [-0.1, -0.05) is 0 Å². The number of piperidine rings is 1. The Labute approximate surface area is 142 Å². The van der Waals surface area contributed by atoms with Crippen molar-refractivity contribution in [3.63, 3.8) is 0 Å². The highest BCUT2D eigenvalue weighted by atomic mass is 32.1. The third-order valence-electron chi connectivity index (χ3n) is 5.19. The molecule has 1 atom stereocenters. The standard InChI is InChI=1S/C18H24N4S/c1-15-4-5-16(23-15)12-21-11-7-18(13-21)6-2-10-22(14-18)17-19-8-3-9-20-17/h3-5,8-9H,2,6-7,10-14H2,1H3/t18-/m0/s1. The molecular weight excluding hydrogens is 304 g/mol. The van der Waals surface area contributed by atoms with Crippen molar-refractivity contribution in [1.82, 2.24) is 14.9 Å². The second-order valence-electron chi connectivity index (χ2n) is 7.05. The molecule has 2 aliphatic rings. The number of likely N-dealkylation sites (tertiary alicyclic amines) is 1. The van der Waals surface area contributed by atoms with E-state index in [2.05, 4.69) is 38.8 Å². The molecule has 2 aliphatic heterocycles. The van der Waals surface area contributed by atoms with Gasteiger partial charge in [0.2, 0.25) is 5.95 Å². The van der Waals surface area contributed by atoms with Crippen LogP contribution in [0.2, 0.25) is 0 Å². The van der Waals surface area contributed by atoms with Gasteiger partial charge in [-0.3, -0.25) is 4.90 Å². The van der Waals surface area contributed by atoms with Gasteiger partial charge in [-0.15, -0.1) is 11.3 Å². The van der Waals surface area contributed by atoms with E-state index in [0.29, 0.717) is 5.41 Å². The molecule has 23 heavy (non-hydrogen) atoms. The van der Waals surface area contributed by atoms with Crippen molar-refractivity contribution < 1.29 is 0 Å². The van der Waals surface area contributed by atoms with Gasteiger partial charge in [0.15, 0.2) is 0 Å². The number of anilines is 1. The average Bonchev–Trinajstić information content (AvgIpc) is 3.15. The maximum atomic E-state index is 4.45. The summed E-state index contributed by atoms with van der Waals surface area (Å²) in [5.74, 6) is 0.902. The lowest BCUT2D eigenvalue weighted by atomic mass is 9.79. The Morgan fingerprint density at radius 1 is 1.13 bits per heavy atom. The van der Waals surface area contributed by atoms with E-state index in [-0.39, 0.29) is 0 Å². The summed E-state index contributed by atoms with van der Waals surface area (Å²) >= 11 is 1.93. The van der Waals surface area contributed by atoms with E-state index < -0.39 is 0 Å². The molecule has 5 heteroatoms. The summed E-state index contributed by atoms with van der Waals surface area (Å²) in [6.07, 6.45) is 7.61. The predicted octanol–water partition coefficient (Wildman–Crippen LogP) is 3.34. The third-order valence-corrected chi connectivity index (χ3v) is 6.17. The molecule has 4 heterocycles. The molecule has 0 aliphatic carbocycles. The lowest BCUT2D eigenvalue weighted by Crippen LogP contribution is -2.45. The maximum absolute atomic E-state index is 4.45. The minimum absolute atomic E-state index is 0.434. The molecule has 0 amide bonds. The topological polar surface area (TPSA) is 32.3 Å². The summed E-state index contributed by atoms with van der Waals surface area (Å²) in [5.41, 5.74) is 0.434. The van der Waals surface area contributed by atoms with Gasteiger partial charge in [-0.05, 0) is 50.9 Å². The van der Waals surface area contributed by atoms with Crippen molar-refractivity contribution in [3.05, 3.63) is 40.3 Å². The van der Waals surface area contributed by atoms with E-state index in [4.69, 9.17) is 0 Å². The first-order valence-electron chi connectivity index (χ1n) is 8.52. The van der Waals surface area contributed by atoms with Crippen LogP contribution in [0.1, 0.15) is 29.0 Å². The van der Waals surface area contributed by atoms with Crippen LogP contribution < -0.4 is 4.90 Å². The van der Waals surface area contributed by atoms with E-state index >= 15 is 0 Å². The Kier molecular flexibility index (Phi) is 4.07. The number of nitrogens with zero attached hydrogens (tertiary/aromatic N) is 4. The molecule has 122 valence electrons. The minimum Gasteiger partial charge on any atom is -0.340 e. The number of hydrogen-bond donors (Lipinski definition) is 0. The van der Waals surface area contributed by atoms with Crippen LogP contribution in [-0.4, -0.2) is 41.0 Å². The van der Waals surface area contributed by atoms with E-state index in [1.54, 1.807) is 0 Å². The van der Waals surface area contributed by atoms with Crippen LogP contribution in [0.15, 0.2) is 30.6 Å². The van der Waals surface area contributed by atoms with Crippen LogP contribution in [0, 0.1) is 12.3 Å². The fraction of sp³-hybridized carbons (Fsp3) is 0.556. The number of aryl methyl sites for hydroxylation is 1. The highest BCUT2D eigenvalue weighted by molar-refractivity contribution is 7.11. The first-order chi connectivity index (χ1) is 11.2. The van der Waals surface area contributed by atoms with Gasteiger partial charge in [-0.25, -0.2) is 9.97 Å². The second-order valence-corrected chi connectivity index (χ2v) is 8.42. The quantitative estimate of drug-likeness (QED) is 0.865. The smallest absolute Gasteiger partial charge is 0.225 e. The fourth-order valence-electron chi connectivity index (χ4n) is 4.12. The van der Waals surface area contributed by atoms with Gasteiger partial charge in [-0.2, -0.15) is 0 Å². The summed E-state index contributed by atoms with van der Waals surface area (Å²) in [6, 6.07) is 6.42. The van der Waals surface area contributed by atoms with Crippen LogP contribution in [0.25, 0.3) is 0 Å². The average molecular weight is 328 g/mol. The molecule has 2 aromatic heterocycles. The Morgan fingerprint density at radius 3 is 2.78 bits per heavy atom. The Bertz CT molecular complexity index is 656. The van der Waals surface area contributed by atoms with E-state index in [9.17, 15) is 0 Å². The number of thiophene rings is 1. The highest BCUT2D eigenvalue weighted by Crippen LogP contribution is 2.40. The Morgan fingerprint density at radius 2 is 2.00 bits per heavy atom. The lowest BCUT2D eigenvalue weighted by Gasteiger charge is -2.40. The lowest BCUT2D eigenvalue weighted by molar-refractivity contribution is 0.216. The summed E-state index contributed by atoms with van der Waals surface area (Å²) in [4.78, 5) is 16.8. The molecule has 4 nitrogen and oxygen atoms in total.